The van der Waals surface area contributed by atoms with E-state index in [0.29, 0.717) is 12.8 Å². The van der Waals surface area contributed by atoms with E-state index in [1.807, 2.05) is 0 Å². The lowest BCUT2D eigenvalue weighted by molar-refractivity contribution is -0.379. The van der Waals surface area contributed by atoms with Gasteiger partial charge in [-0.15, -0.1) is 0 Å². The van der Waals surface area contributed by atoms with E-state index in [2.05, 4.69) is 67.8 Å². The summed E-state index contributed by atoms with van der Waals surface area (Å²) in [6.45, 7) is 1.71. The molecule has 17 unspecified atom stereocenters. The molecule has 3 aliphatic rings. The number of rotatable bonds is 60. The monoisotopic (exact) mass is 1350 g/mol. The summed E-state index contributed by atoms with van der Waals surface area (Å²) in [6, 6.07) is -0.898. The van der Waals surface area contributed by atoms with Gasteiger partial charge in [0.15, 0.2) is 18.9 Å². The van der Waals surface area contributed by atoms with Crippen molar-refractivity contribution in [3.63, 3.8) is 0 Å². The number of allylic oxidation sites excluding steroid dienone is 8. The van der Waals surface area contributed by atoms with Gasteiger partial charge in [0.05, 0.1) is 38.6 Å². The van der Waals surface area contributed by atoms with Gasteiger partial charge in [-0.25, -0.2) is 0 Å². The molecule has 556 valence electrons. The molecule has 3 saturated heterocycles. The normalized spacial score (nSPS) is 27.4. The molecule has 3 aliphatic heterocycles. The zero-order valence-corrected chi connectivity index (χ0v) is 59.2. The SMILES string of the molecule is CC/C=C\C/C=C\C/C=C\C/C=C\CCCCCCCCC(=O)NC(COC1OC(CO)C(OC2OC(CO)C(OC3OC(CO)C(O)C(O)C3O)C(O)C2O)C(O)C1O)C(O)CCCCCCCCCCCCCCCCCCCCCCCCCCCCCCCCC. The minimum Gasteiger partial charge on any atom is -0.394 e. The second kappa shape index (κ2) is 57.4. The van der Waals surface area contributed by atoms with E-state index in [4.69, 9.17) is 28.4 Å². The van der Waals surface area contributed by atoms with Crippen molar-refractivity contribution < 1.29 is 89.4 Å². The van der Waals surface area contributed by atoms with Crippen molar-refractivity contribution in [2.24, 2.45) is 0 Å². The topological polar surface area (TPSA) is 307 Å². The van der Waals surface area contributed by atoms with Gasteiger partial charge in [-0.2, -0.15) is 0 Å². The van der Waals surface area contributed by atoms with Crippen LogP contribution in [0.1, 0.15) is 296 Å². The standard InChI is InChI=1S/C76H139NO18/c1-3-5-7-9-11-13-15-17-19-21-23-24-25-26-27-28-29-30-31-32-33-34-36-37-39-41-43-45-47-49-51-53-60(81)59(77-64(82)54-52-50-48-46-44-42-40-38-35-22-20-18-16-14-12-10-8-6-4-2)58-90-74-70(88)67(85)72(62(56-79)92-74)95-76-71(89)68(86)73(63(57-80)93-76)94-75-69(87)66(84)65(83)61(55-78)91-75/h6,8,12,14,18,20,35,38,59-63,65-76,78-81,83-89H,3-5,7,9-11,13,15-17,19,21-34,36-37,39-58H2,1-2H3,(H,77,82)/b8-6-,14-12-,20-18-,38-35-. The van der Waals surface area contributed by atoms with Crippen LogP contribution in [-0.4, -0.2) is 193 Å². The van der Waals surface area contributed by atoms with Gasteiger partial charge in [0.2, 0.25) is 5.91 Å². The summed E-state index contributed by atoms with van der Waals surface area (Å²) < 4.78 is 34.5. The fraction of sp³-hybridized carbons (Fsp3) is 0.882. The van der Waals surface area contributed by atoms with Crippen LogP contribution in [0, 0.1) is 0 Å². The van der Waals surface area contributed by atoms with Gasteiger partial charge in [-0.1, -0.05) is 287 Å². The summed E-state index contributed by atoms with van der Waals surface area (Å²) in [5, 5.41) is 121. The first kappa shape index (κ1) is 87.0. The van der Waals surface area contributed by atoms with E-state index in [9.17, 15) is 61.0 Å². The van der Waals surface area contributed by atoms with Gasteiger partial charge >= 0.3 is 0 Å². The molecule has 0 bridgehead atoms. The van der Waals surface area contributed by atoms with Crippen molar-refractivity contribution in [2.45, 2.75) is 401 Å². The van der Waals surface area contributed by atoms with Crippen LogP contribution in [0.4, 0.5) is 0 Å². The zero-order chi connectivity index (χ0) is 68.9. The molecule has 3 heterocycles. The maximum atomic E-state index is 13.4. The number of carbonyl (C=O) groups excluding carboxylic acids is 1. The van der Waals surface area contributed by atoms with Gasteiger partial charge in [-0.05, 0) is 51.4 Å². The zero-order valence-electron chi connectivity index (χ0n) is 59.2. The summed E-state index contributed by atoms with van der Waals surface area (Å²) in [4.78, 5) is 13.4. The molecular weight excluding hydrogens is 1210 g/mol. The van der Waals surface area contributed by atoms with Crippen LogP contribution in [-0.2, 0) is 33.2 Å². The lowest BCUT2D eigenvalue weighted by atomic mass is 9.96. The Bertz CT molecular complexity index is 1910. The largest absolute Gasteiger partial charge is 0.394 e. The molecule has 19 heteroatoms. The van der Waals surface area contributed by atoms with Gasteiger partial charge in [0, 0.05) is 6.42 Å². The molecule has 3 fully saturated rings. The molecule has 17 atom stereocenters. The summed E-state index contributed by atoms with van der Waals surface area (Å²) in [6.07, 6.45) is 43.5. The lowest BCUT2D eigenvalue weighted by Crippen LogP contribution is -2.66. The highest BCUT2D eigenvalue weighted by Crippen LogP contribution is 2.33. The molecule has 0 saturated carbocycles. The number of carbonyl (C=O) groups is 1. The molecule has 3 rings (SSSR count). The molecule has 0 aromatic heterocycles. The number of hydrogen-bond acceptors (Lipinski definition) is 18. The number of amides is 1. The molecule has 0 aromatic carbocycles. The van der Waals surface area contributed by atoms with E-state index in [1.165, 1.54) is 173 Å². The van der Waals surface area contributed by atoms with Crippen LogP contribution < -0.4 is 5.32 Å². The smallest absolute Gasteiger partial charge is 0.220 e. The summed E-state index contributed by atoms with van der Waals surface area (Å²) in [5.41, 5.74) is 0. The maximum Gasteiger partial charge on any atom is 0.220 e. The molecule has 12 N–H and O–H groups in total. The number of unbranched alkanes of at least 4 members (excludes halogenated alkanes) is 36. The lowest BCUT2D eigenvalue weighted by Gasteiger charge is -2.48. The Morgan fingerprint density at radius 1 is 0.389 bits per heavy atom. The minimum absolute atomic E-state index is 0.249. The predicted octanol–water partition coefficient (Wildman–Crippen LogP) is 11.7. The third kappa shape index (κ3) is 38.4. The third-order valence-electron chi connectivity index (χ3n) is 19.2. The Hall–Kier alpha value is -2.25. The van der Waals surface area contributed by atoms with Crippen molar-refractivity contribution >= 4 is 5.91 Å². The first-order valence-electron chi connectivity index (χ1n) is 38.4. The fourth-order valence-electron chi connectivity index (χ4n) is 13.0. The van der Waals surface area contributed by atoms with Gasteiger partial charge < -0.3 is 89.9 Å². The third-order valence-corrected chi connectivity index (χ3v) is 19.2. The number of ether oxygens (including phenoxy) is 6. The van der Waals surface area contributed by atoms with E-state index >= 15 is 0 Å². The van der Waals surface area contributed by atoms with Crippen molar-refractivity contribution in [3.8, 4) is 0 Å². The quantitative estimate of drug-likeness (QED) is 0.0199. The van der Waals surface area contributed by atoms with E-state index in [-0.39, 0.29) is 18.9 Å². The number of aliphatic hydroxyl groups is 11. The minimum atomic E-state index is -1.98. The molecule has 19 nitrogen and oxygen atoms in total. The molecule has 0 aromatic rings. The second-order valence-corrected chi connectivity index (χ2v) is 27.4. The molecule has 0 aliphatic carbocycles. The number of aliphatic hydroxyl groups excluding tert-OH is 11. The summed E-state index contributed by atoms with van der Waals surface area (Å²) >= 11 is 0. The summed E-state index contributed by atoms with van der Waals surface area (Å²) in [5.74, 6) is -0.255. The maximum absolute atomic E-state index is 13.4. The number of hydrogen-bond donors (Lipinski definition) is 12. The fourth-order valence-corrected chi connectivity index (χ4v) is 13.0. The summed E-state index contributed by atoms with van der Waals surface area (Å²) in [7, 11) is 0. The van der Waals surface area contributed by atoms with Gasteiger partial charge in [0.25, 0.3) is 0 Å². The van der Waals surface area contributed by atoms with Crippen LogP contribution >= 0.6 is 0 Å². The Labute approximate surface area is 573 Å². The molecule has 0 radical (unpaired) electrons. The molecular formula is C76H139NO18. The molecule has 95 heavy (non-hydrogen) atoms. The van der Waals surface area contributed by atoms with E-state index < -0.39 is 124 Å². The van der Waals surface area contributed by atoms with Crippen molar-refractivity contribution in [1.82, 2.24) is 5.32 Å². The van der Waals surface area contributed by atoms with Gasteiger partial charge in [0.1, 0.15) is 73.2 Å². The highest BCUT2D eigenvalue weighted by molar-refractivity contribution is 5.76. The molecule has 1 amide bonds. The first-order valence-corrected chi connectivity index (χ1v) is 38.4. The van der Waals surface area contributed by atoms with E-state index in [1.54, 1.807) is 0 Å². The van der Waals surface area contributed by atoms with Crippen LogP contribution in [0.5, 0.6) is 0 Å². The average molecular weight is 1350 g/mol. The van der Waals surface area contributed by atoms with Crippen LogP contribution in [0.3, 0.4) is 0 Å². The van der Waals surface area contributed by atoms with Crippen LogP contribution in [0.25, 0.3) is 0 Å². The first-order chi connectivity index (χ1) is 46.3. The Morgan fingerprint density at radius 2 is 0.726 bits per heavy atom. The predicted molar refractivity (Wildman–Crippen MR) is 374 cm³/mol. The Morgan fingerprint density at radius 3 is 1.14 bits per heavy atom. The average Bonchev–Trinajstić information content (AvgIpc) is 0.787. The Balaban J connectivity index is 1.37. The van der Waals surface area contributed by atoms with Crippen LogP contribution in [0.2, 0.25) is 0 Å². The van der Waals surface area contributed by atoms with Gasteiger partial charge in [-0.3, -0.25) is 4.79 Å². The number of nitrogens with one attached hydrogen (secondary N) is 1. The molecule has 0 spiro atoms. The van der Waals surface area contributed by atoms with Crippen molar-refractivity contribution in [2.75, 3.05) is 26.4 Å². The second-order valence-electron chi connectivity index (χ2n) is 27.4. The highest BCUT2D eigenvalue weighted by Gasteiger charge is 2.53. The van der Waals surface area contributed by atoms with E-state index in [0.717, 1.165) is 89.9 Å². The van der Waals surface area contributed by atoms with Crippen molar-refractivity contribution in [1.29, 1.82) is 0 Å². The van der Waals surface area contributed by atoms with Crippen molar-refractivity contribution in [3.05, 3.63) is 48.6 Å². The van der Waals surface area contributed by atoms with Crippen LogP contribution in [0.15, 0.2) is 48.6 Å². The Kier molecular flexibility index (Phi) is 52.5. The highest BCUT2D eigenvalue weighted by atomic mass is 16.8.